The highest BCUT2D eigenvalue weighted by Crippen LogP contribution is 2.22. The lowest BCUT2D eigenvalue weighted by atomic mass is 10.1. The van der Waals surface area contributed by atoms with Gasteiger partial charge in [0.05, 0.1) is 0 Å². The molecule has 0 bridgehead atoms. The lowest BCUT2D eigenvalue weighted by molar-refractivity contribution is 0.307. The van der Waals surface area contributed by atoms with E-state index in [1.165, 1.54) is 12.1 Å². The van der Waals surface area contributed by atoms with Crippen molar-refractivity contribution in [2.45, 2.75) is 13.8 Å². The lowest BCUT2D eigenvalue weighted by Crippen LogP contribution is -2.14. The number of halogens is 1. The summed E-state index contributed by atoms with van der Waals surface area (Å²) in [5.41, 5.74) is 3.01. The minimum atomic E-state index is -0.332. The van der Waals surface area contributed by atoms with Crippen LogP contribution in [0.1, 0.15) is 16.7 Å². The quantitative estimate of drug-likeness (QED) is 0.524. The van der Waals surface area contributed by atoms with Crippen molar-refractivity contribution in [1.29, 1.82) is 0 Å². The Kier molecular flexibility index (Phi) is 4.35. The van der Waals surface area contributed by atoms with Crippen LogP contribution in [-0.4, -0.2) is 17.5 Å². The van der Waals surface area contributed by atoms with Crippen molar-refractivity contribution >= 4 is 5.71 Å². The van der Waals surface area contributed by atoms with E-state index in [1.807, 2.05) is 32.0 Å². The highest BCUT2D eigenvalue weighted by atomic mass is 19.1. The van der Waals surface area contributed by atoms with Gasteiger partial charge in [-0.2, -0.15) is 0 Å². The highest BCUT2D eigenvalue weighted by molar-refractivity contribution is 6.01. The minimum absolute atomic E-state index is 0.119. The predicted octanol–water partition coefficient (Wildman–Crippen LogP) is 3.70. The first-order valence-corrected chi connectivity index (χ1v) is 6.27. The summed E-state index contributed by atoms with van der Waals surface area (Å²) in [6, 6.07) is 11.6. The number of oxime groups is 1. The summed E-state index contributed by atoms with van der Waals surface area (Å²) in [4.78, 5) is 0. The molecule has 0 unspecified atom stereocenters. The van der Waals surface area contributed by atoms with E-state index in [-0.39, 0.29) is 12.4 Å². The number of hydrogen-bond donors (Lipinski definition) is 1. The van der Waals surface area contributed by atoms with Gasteiger partial charge in [0.15, 0.2) is 0 Å². The number of benzene rings is 2. The minimum Gasteiger partial charge on any atom is -0.487 e. The summed E-state index contributed by atoms with van der Waals surface area (Å²) >= 11 is 0. The number of aryl methyl sites for hydroxylation is 2. The monoisotopic (exact) mass is 273 g/mol. The van der Waals surface area contributed by atoms with Crippen molar-refractivity contribution in [1.82, 2.24) is 0 Å². The molecule has 104 valence electrons. The lowest BCUT2D eigenvalue weighted by Gasteiger charge is -2.12. The van der Waals surface area contributed by atoms with Crippen LogP contribution in [0.2, 0.25) is 0 Å². The molecule has 2 rings (SSSR count). The first-order valence-electron chi connectivity index (χ1n) is 6.27. The Hall–Kier alpha value is -2.36. The van der Waals surface area contributed by atoms with E-state index in [1.54, 1.807) is 12.1 Å². The largest absolute Gasteiger partial charge is 0.487 e. The third-order valence-corrected chi connectivity index (χ3v) is 3.06. The van der Waals surface area contributed by atoms with Crippen LogP contribution < -0.4 is 4.74 Å². The molecule has 0 radical (unpaired) electrons. The SMILES string of the molecule is Cc1cccc(C)c1OC/C(=N\O)c1ccc(F)cc1. The Morgan fingerprint density at radius 3 is 2.25 bits per heavy atom. The molecule has 0 aliphatic carbocycles. The zero-order chi connectivity index (χ0) is 14.5. The van der Waals surface area contributed by atoms with Crippen LogP contribution in [0.4, 0.5) is 4.39 Å². The molecule has 0 heterocycles. The molecule has 0 aliphatic rings. The maximum Gasteiger partial charge on any atom is 0.134 e. The Balaban J connectivity index is 2.14. The molecule has 0 fully saturated rings. The molecule has 0 saturated carbocycles. The second-order valence-electron chi connectivity index (χ2n) is 4.56. The second-order valence-corrected chi connectivity index (χ2v) is 4.56. The van der Waals surface area contributed by atoms with E-state index in [9.17, 15) is 4.39 Å². The predicted molar refractivity (Wildman–Crippen MR) is 76.1 cm³/mol. The molecule has 0 amide bonds. The van der Waals surface area contributed by atoms with Crippen molar-refractivity contribution in [2.24, 2.45) is 5.16 Å². The maximum atomic E-state index is 12.9. The van der Waals surface area contributed by atoms with Gasteiger partial charge in [-0.1, -0.05) is 23.4 Å². The molecule has 0 atom stereocenters. The molecular weight excluding hydrogens is 257 g/mol. The summed E-state index contributed by atoms with van der Waals surface area (Å²) in [5.74, 6) is 0.442. The number of rotatable bonds is 4. The van der Waals surface area contributed by atoms with E-state index < -0.39 is 0 Å². The smallest absolute Gasteiger partial charge is 0.134 e. The van der Waals surface area contributed by atoms with Gasteiger partial charge >= 0.3 is 0 Å². The molecule has 0 aliphatic heterocycles. The van der Waals surface area contributed by atoms with Gasteiger partial charge in [0.2, 0.25) is 0 Å². The topological polar surface area (TPSA) is 41.8 Å². The fourth-order valence-electron chi connectivity index (χ4n) is 1.98. The van der Waals surface area contributed by atoms with Crippen LogP contribution in [0.15, 0.2) is 47.6 Å². The Morgan fingerprint density at radius 1 is 1.10 bits per heavy atom. The zero-order valence-electron chi connectivity index (χ0n) is 11.4. The molecule has 0 saturated heterocycles. The second kappa shape index (κ2) is 6.19. The van der Waals surface area contributed by atoms with Crippen LogP contribution in [0, 0.1) is 19.7 Å². The van der Waals surface area contributed by atoms with E-state index in [0.717, 1.165) is 16.9 Å². The van der Waals surface area contributed by atoms with E-state index >= 15 is 0 Å². The van der Waals surface area contributed by atoms with Gasteiger partial charge in [0, 0.05) is 5.56 Å². The highest BCUT2D eigenvalue weighted by Gasteiger charge is 2.09. The summed E-state index contributed by atoms with van der Waals surface area (Å²) in [6.07, 6.45) is 0. The van der Waals surface area contributed by atoms with Crippen LogP contribution >= 0.6 is 0 Å². The molecule has 20 heavy (non-hydrogen) atoms. The normalized spacial score (nSPS) is 11.4. The maximum absolute atomic E-state index is 12.9. The molecule has 0 spiro atoms. The Bertz CT molecular complexity index is 601. The fraction of sp³-hybridized carbons (Fsp3) is 0.188. The van der Waals surface area contributed by atoms with Gasteiger partial charge in [-0.25, -0.2) is 4.39 Å². The van der Waals surface area contributed by atoms with Crippen molar-refractivity contribution in [2.75, 3.05) is 6.61 Å². The summed E-state index contributed by atoms with van der Waals surface area (Å²) in [6.45, 7) is 4.03. The molecule has 3 nitrogen and oxygen atoms in total. The average molecular weight is 273 g/mol. The van der Waals surface area contributed by atoms with Gasteiger partial charge in [-0.3, -0.25) is 0 Å². The molecule has 1 N–H and O–H groups in total. The number of ether oxygens (including phenoxy) is 1. The van der Waals surface area contributed by atoms with E-state index in [2.05, 4.69) is 5.16 Å². The van der Waals surface area contributed by atoms with Crippen LogP contribution in [0.25, 0.3) is 0 Å². The standard InChI is InChI=1S/C16H16FNO2/c1-11-4-3-5-12(2)16(11)20-10-15(18-19)13-6-8-14(17)9-7-13/h3-9,19H,10H2,1-2H3/b18-15+. The van der Waals surface area contributed by atoms with Crippen LogP contribution in [0.5, 0.6) is 5.75 Å². The van der Waals surface area contributed by atoms with E-state index in [0.29, 0.717) is 11.3 Å². The summed E-state index contributed by atoms with van der Waals surface area (Å²) in [5, 5.41) is 12.3. The van der Waals surface area contributed by atoms with Gasteiger partial charge < -0.3 is 9.94 Å². The first kappa shape index (κ1) is 14.1. The summed E-state index contributed by atoms with van der Waals surface area (Å²) < 4.78 is 18.6. The number of nitrogens with zero attached hydrogens (tertiary/aromatic N) is 1. The third-order valence-electron chi connectivity index (χ3n) is 3.06. The van der Waals surface area contributed by atoms with Crippen molar-refractivity contribution in [3.63, 3.8) is 0 Å². The van der Waals surface area contributed by atoms with Crippen molar-refractivity contribution in [3.05, 3.63) is 65.0 Å². The summed E-state index contributed by atoms with van der Waals surface area (Å²) in [7, 11) is 0. The molecule has 4 heteroatoms. The zero-order valence-corrected chi connectivity index (χ0v) is 11.4. The van der Waals surface area contributed by atoms with Crippen molar-refractivity contribution in [3.8, 4) is 5.75 Å². The molecule has 2 aromatic rings. The van der Waals surface area contributed by atoms with E-state index in [4.69, 9.17) is 9.94 Å². The van der Waals surface area contributed by atoms with Gasteiger partial charge in [0.25, 0.3) is 0 Å². The van der Waals surface area contributed by atoms with Crippen LogP contribution in [-0.2, 0) is 0 Å². The molecule has 0 aromatic heterocycles. The molecular formula is C16H16FNO2. The Morgan fingerprint density at radius 2 is 1.70 bits per heavy atom. The first-order chi connectivity index (χ1) is 9.61. The Labute approximate surface area is 117 Å². The van der Waals surface area contributed by atoms with Crippen LogP contribution in [0.3, 0.4) is 0 Å². The fourth-order valence-corrected chi connectivity index (χ4v) is 1.98. The number of para-hydroxylation sites is 1. The number of hydrogen-bond acceptors (Lipinski definition) is 3. The van der Waals surface area contributed by atoms with Gasteiger partial charge in [-0.05, 0) is 49.2 Å². The molecule has 2 aromatic carbocycles. The average Bonchev–Trinajstić information content (AvgIpc) is 2.44. The van der Waals surface area contributed by atoms with Gasteiger partial charge in [0.1, 0.15) is 23.9 Å². The third kappa shape index (κ3) is 3.15. The van der Waals surface area contributed by atoms with Crippen molar-refractivity contribution < 1.29 is 14.3 Å². The van der Waals surface area contributed by atoms with Gasteiger partial charge in [-0.15, -0.1) is 0 Å².